The van der Waals surface area contributed by atoms with Crippen LogP contribution in [0.15, 0.2) is 4.79 Å². The molecule has 2 fully saturated rings. The summed E-state index contributed by atoms with van der Waals surface area (Å²) in [5, 5.41) is 30.0. The van der Waals surface area contributed by atoms with Gasteiger partial charge in [-0.3, -0.25) is 14.3 Å². The molecular weight excluding hydrogens is 394 g/mol. The molecule has 2 aliphatic rings. The van der Waals surface area contributed by atoms with Gasteiger partial charge in [0.1, 0.15) is 18.3 Å². The summed E-state index contributed by atoms with van der Waals surface area (Å²) in [6.45, 7) is 2.45. The molecule has 0 aromatic carbocycles. The molecule has 2 saturated heterocycles. The van der Waals surface area contributed by atoms with E-state index in [-0.39, 0.29) is 29.5 Å². The lowest BCUT2D eigenvalue weighted by atomic mass is 10.1. The minimum atomic E-state index is -1.33. The molecular formula is C15H24ClN7O5. The van der Waals surface area contributed by atoms with Crippen LogP contribution in [0.4, 0.5) is 11.9 Å². The maximum atomic E-state index is 12.3. The SMILES string of the molecule is CN1CCN(c2nc3c(=O)[nH]c(N)nc3n2[C@@H]2O[C@H](CO)[C@@H](O)[C@H]2O)CC1.Cl. The molecule has 2 aromatic heterocycles. The molecule has 156 valence electrons. The van der Waals surface area contributed by atoms with Crippen molar-refractivity contribution in [3.63, 3.8) is 0 Å². The van der Waals surface area contributed by atoms with Crippen LogP contribution in [0.3, 0.4) is 0 Å². The molecule has 0 spiro atoms. The monoisotopic (exact) mass is 417 g/mol. The van der Waals surface area contributed by atoms with E-state index in [1.54, 1.807) is 0 Å². The zero-order chi connectivity index (χ0) is 19.3. The molecule has 0 unspecified atom stereocenters. The number of aliphatic hydroxyl groups is 3. The summed E-state index contributed by atoms with van der Waals surface area (Å²) in [6, 6.07) is 0. The predicted molar refractivity (Wildman–Crippen MR) is 103 cm³/mol. The molecule has 0 aliphatic carbocycles. The lowest BCUT2D eigenvalue weighted by molar-refractivity contribution is -0.0505. The summed E-state index contributed by atoms with van der Waals surface area (Å²) in [5.41, 5.74) is 5.41. The Balaban J connectivity index is 0.00000225. The van der Waals surface area contributed by atoms with E-state index in [2.05, 4.69) is 19.9 Å². The van der Waals surface area contributed by atoms with Gasteiger partial charge in [0.25, 0.3) is 5.56 Å². The average Bonchev–Trinajstić information content (AvgIpc) is 3.14. The fourth-order valence-electron chi connectivity index (χ4n) is 3.55. The number of ether oxygens (including phenoxy) is 1. The first kappa shape index (κ1) is 20.8. The summed E-state index contributed by atoms with van der Waals surface area (Å²) in [6.07, 6.45) is -4.63. The highest BCUT2D eigenvalue weighted by Crippen LogP contribution is 2.35. The van der Waals surface area contributed by atoms with Gasteiger partial charge >= 0.3 is 0 Å². The van der Waals surface area contributed by atoms with Crippen molar-refractivity contribution in [3.05, 3.63) is 10.4 Å². The molecule has 0 radical (unpaired) electrons. The standard InChI is InChI=1S/C15H23N7O5.ClH/c1-20-2-4-21(5-3-20)15-17-8-11(18-14(16)19-12(8)26)22(15)13-10(25)9(24)7(6-23)27-13;/h7,9-10,13,23-25H,2-6H2,1H3,(H3,16,18,19,26);1H/t7-,9-,10-,13-;/m1./s1. The molecule has 6 N–H and O–H groups in total. The fourth-order valence-corrected chi connectivity index (χ4v) is 3.55. The van der Waals surface area contributed by atoms with Gasteiger partial charge in [0.2, 0.25) is 11.9 Å². The number of aromatic nitrogens is 4. The van der Waals surface area contributed by atoms with Crippen LogP contribution < -0.4 is 16.2 Å². The van der Waals surface area contributed by atoms with E-state index < -0.39 is 36.7 Å². The van der Waals surface area contributed by atoms with Gasteiger partial charge in [0.15, 0.2) is 17.4 Å². The summed E-state index contributed by atoms with van der Waals surface area (Å²) >= 11 is 0. The number of anilines is 2. The van der Waals surface area contributed by atoms with Crippen molar-refractivity contribution in [2.45, 2.75) is 24.5 Å². The van der Waals surface area contributed by atoms with Gasteiger partial charge in [-0.05, 0) is 7.05 Å². The predicted octanol–water partition coefficient (Wildman–Crippen LogP) is -2.51. The molecule has 13 heteroatoms. The number of aromatic amines is 1. The van der Waals surface area contributed by atoms with E-state index in [9.17, 15) is 20.1 Å². The Labute approximate surface area is 165 Å². The fraction of sp³-hybridized carbons (Fsp3) is 0.667. The van der Waals surface area contributed by atoms with Gasteiger partial charge < -0.3 is 35.6 Å². The number of rotatable bonds is 3. The third-order valence-electron chi connectivity index (χ3n) is 5.11. The van der Waals surface area contributed by atoms with Crippen LogP contribution in [0.1, 0.15) is 6.23 Å². The van der Waals surface area contributed by atoms with Crippen molar-refractivity contribution in [1.29, 1.82) is 0 Å². The Bertz CT molecular complexity index is 897. The van der Waals surface area contributed by atoms with Crippen LogP contribution in [-0.2, 0) is 4.74 Å². The van der Waals surface area contributed by atoms with Crippen molar-refractivity contribution in [2.24, 2.45) is 0 Å². The number of nitrogen functional groups attached to an aromatic ring is 1. The number of fused-ring (bicyclic) bond motifs is 1. The first-order chi connectivity index (χ1) is 12.9. The third-order valence-corrected chi connectivity index (χ3v) is 5.11. The van der Waals surface area contributed by atoms with Crippen LogP contribution in [0.2, 0.25) is 0 Å². The van der Waals surface area contributed by atoms with E-state index >= 15 is 0 Å². The normalized spacial score (nSPS) is 28.6. The van der Waals surface area contributed by atoms with E-state index in [1.807, 2.05) is 11.9 Å². The number of aliphatic hydroxyl groups excluding tert-OH is 3. The number of likely N-dealkylation sites (N-methyl/N-ethyl adjacent to an activating group) is 1. The van der Waals surface area contributed by atoms with Gasteiger partial charge in [0, 0.05) is 26.2 Å². The number of nitrogens with two attached hydrogens (primary N) is 1. The molecule has 0 bridgehead atoms. The molecule has 0 amide bonds. The number of nitrogens with zero attached hydrogens (tertiary/aromatic N) is 5. The van der Waals surface area contributed by atoms with E-state index in [4.69, 9.17) is 10.5 Å². The summed E-state index contributed by atoms with van der Waals surface area (Å²) < 4.78 is 7.14. The Morgan fingerprint density at radius 2 is 1.89 bits per heavy atom. The molecule has 28 heavy (non-hydrogen) atoms. The van der Waals surface area contributed by atoms with E-state index in [1.165, 1.54) is 4.57 Å². The molecule has 2 aromatic rings. The number of imidazole rings is 1. The summed E-state index contributed by atoms with van der Waals surface area (Å²) in [7, 11) is 2.01. The lowest BCUT2D eigenvalue weighted by Gasteiger charge is -2.34. The minimum Gasteiger partial charge on any atom is -0.394 e. The van der Waals surface area contributed by atoms with Gasteiger partial charge in [-0.1, -0.05) is 0 Å². The number of halogens is 1. The van der Waals surface area contributed by atoms with Crippen LogP contribution in [-0.4, -0.2) is 97.9 Å². The molecule has 12 nitrogen and oxygen atoms in total. The molecule has 4 heterocycles. The second kappa shape index (κ2) is 7.81. The largest absolute Gasteiger partial charge is 0.394 e. The third kappa shape index (κ3) is 3.32. The smallest absolute Gasteiger partial charge is 0.280 e. The number of nitrogens with one attached hydrogen (secondary N) is 1. The van der Waals surface area contributed by atoms with Gasteiger partial charge in [0.05, 0.1) is 6.61 Å². The van der Waals surface area contributed by atoms with Crippen molar-refractivity contribution in [1.82, 2.24) is 24.4 Å². The van der Waals surface area contributed by atoms with Crippen molar-refractivity contribution in [2.75, 3.05) is 50.5 Å². The maximum Gasteiger partial charge on any atom is 0.280 e. The van der Waals surface area contributed by atoms with Crippen molar-refractivity contribution in [3.8, 4) is 0 Å². The minimum absolute atomic E-state index is 0. The van der Waals surface area contributed by atoms with Gasteiger partial charge in [-0.25, -0.2) is 4.98 Å². The number of H-pyrrole nitrogens is 1. The first-order valence-corrected chi connectivity index (χ1v) is 8.74. The number of hydrogen-bond acceptors (Lipinski definition) is 10. The van der Waals surface area contributed by atoms with Crippen LogP contribution in [0.25, 0.3) is 11.2 Å². The summed E-state index contributed by atoms with van der Waals surface area (Å²) in [5.74, 6) is 0.307. The highest BCUT2D eigenvalue weighted by Gasteiger charge is 2.45. The van der Waals surface area contributed by atoms with E-state index in [0.29, 0.717) is 19.0 Å². The highest BCUT2D eigenvalue weighted by molar-refractivity contribution is 5.85. The molecule has 0 saturated carbocycles. The maximum absolute atomic E-state index is 12.3. The van der Waals surface area contributed by atoms with Crippen LogP contribution in [0, 0.1) is 0 Å². The van der Waals surface area contributed by atoms with Crippen LogP contribution in [0.5, 0.6) is 0 Å². The molecule has 4 rings (SSSR count). The Hall–Kier alpha value is -1.96. The van der Waals surface area contributed by atoms with Crippen LogP contribution >= 0.6 is 12.4 Å². The van der Waals surface area contributed by atoms with Crippen molar-refractivity contribution >= 4 is 35.5 Å². The molecule has 4 atom stereocenters. The zero-order valence-corrected chi connectivity index (χ0v) is 16.0. The number of piperazine rings is 1. The first-order valence-electron chi connectivity index (χ1n) is 8.74. The highest BCUT2D eigenvalue weighted by atomic mass is 35.5. The second-order valence-corrected chi connectivity index (χ2v) is 6.92. The average molecular weight is 418 g/mol. The second-order valence-electron chi connectivity index (χ2n) is 6.92. The van der Waals surface area contributed by atoms with Crippen molar-refractivity contribution < 1.29 is 20.1 Å². The Morgan fingerprint density at radius 3 is 2.50 bits per heavy atom. The van der Waals surface area contributed by atoms with Gasteiger partial charge in [-0.2, -0.15) is 4.98 Å². The number of hydrogen-bond donors (Lipinski definition) is 5. The lowest BCUT2D eigenvalue weighted by Crippen LogP contribution is -2.46. The zero-order valence-electron chi connectivity index (χ0n) is 15.2. The van der Waals surface area contributed by atoms with E-state index in [0.717, 1.165) is 13.1 Å². The summed E-state index contributed by atoms with van der Waals surface area (Å²) in [4.78, 5) is 27.5. The Kier molecular flexibility index (Phi) is 5.79. The Morgan fingerprint density at radius 1 is 1.21 bits per heavy atom. The molecule has 2 aliphatic heterocycles. The topological polar surface area (TPSA) is 166 Å². The van der Waals surface area contributed by atoms with Gasteiger partial charge in [-0.15, -0.1) is 12.4 Å². The quantitative estimate of drug-likeness (QED) is 0.360.